The van der Waals surface area contributed by atoms with Crippen molar-refractivity contribution in [1.82, 2.24) is 10.3 Å². The maximum atomic E-state index is 3.60. The minimum atomic E-state index is 0.846. The summed E-state index contributed by atoms with van der Waals surface area (Å²) in [5.74, 6) is 0. The van der Waals surface area contributed by atoms with Gasteiger partial charge in [0.25, 0.3) is 0 Å². The molecule has 2 heterocycles. The van der Waals surface area contributed by atoms with Crippen LogP contribution in [-0.4, -0.2) is 4.98 Å². The fourth-order valence-corrected chi connectivity index (χ4v) is 2.92. The van der Waals surface area contributed by atoms with E-state index in [9.17, 15) is 0 Å². The molecule has 0 atom stereocenters. The van der Waals surface area contributed by atoms with Crippen LogP contribution >= 0.6 is 0 Å². The molecule has 0 radical (unpaired) electrons. The molecule has 1 aliphatic heterocycles. The Morgan fingerprint density at radius 1 is 0.762 bits per heavy atom. The lowest BCUT2D eigenvalue weighted by Crippen LogP contribution is -2.09. The van der Waals surface area contributed by atoms with Crippen LogP contribution in [-0.2, 0) is 6.54 Å². The van der Waals surface area contributed by atoms with Gasteiger partial charge in [-0.15, -0.1) is 0 Å². The number of nitrogens with one attached hydrogen (secondary N) is 2. The minimum Gasteiger partial charge on any atom is -0.385 e. The first-order chi connectivity index (χ1) is 10.4. The molecule has 0 saturated carbocycles. The lowest BCUT2D eigenvalue weighted by molar-refractivity contribution is 0.834. The zero-order valence-electron chi connectivity index (χ0n) is 11.6. The van der Waals surface area contributed by atoms with Gasteiger partial charge in [-0.3, -0.25) is 0 Å². The number of H-pyrrole nitrogens is 1. The number of aromatic nitrogens is 1. The molecular formula is C19H16N2. The molecule has 0 saturated heterocycles. The third-order valence-electron chi connectivity index (χ3n) is 3.89. The number of hydrogen-bond acceptors (Lipinski definition) is 1. The Balaban J connectivity index is 1.99. The second-order valence-electron chi connectivity index (χ2n) is 5.21. The predicted octanol–water partition coefficient (Wildman–Crippen LogP) is 4.42. The zero-order valence-corrected chi connectivity index (χ0v) is 11.6. The Morgan fingerprint density at radius 3 is 2.14 bits per heavy atom. The lowest BCUT2D eigenvalue weighted by Gasteiger charge is -2.09. The largest absolute Gasteiger partial charge is 0.385 e. The van der Waals surface area contributed by atoms with Crippen LogP contribution in [0.15, 0.2) is 66.9 Å². The summed E-state index contributed by atoms with van der Waals surface area (Å²) in [4.78, 5) is 3.60. The van der Waals surface area contributed by atoms with Crippen molar-refractivity contribution in [3.63, 3.8) is 0 Å². The van der Waals surface area contributed by atoms with Crippen molar-refractivity contribution in [2.24, 2.45) is 0 Å². The van der Waals surface area contributed by atoms with E-state index in [1.54, 1.807) is 0 Å². The van der Waals surface area contributed by atoms with Gasteiger partial charge in [0.15, 0.2) is 0 Å². The van der Waals surface area contributed by atoms with Crippen LogP contribution in [0.1, 0.15) is 11.3 Å². The van der Waals surface area contributed by atoms with E-state index in [0.717, 1.165) is 6.54 Å². The summed E-state index contributed by atoms with van der Waals surface area (Å²) < 4.78 is 0. The average Bonchev–Trinajstić information content (AvgIpc) is 2.96. The van der Waals surface area contributed by atoms with Gasteiger partial charge < -0.3 is 10.3 Å². The summed E-state index contributed by atoms with van der Waals surface area (Å²) in [7, 11) is 0. The first kappa shape index (κ1) is 12.0. The van der Waals surface area contributed by atoms with E-state index in [0.29, 0.717) is 0 Å². The third-order valence-corrected chi connectivity index (χ3v) is 3.89. The molecular weight excluding hydrogens is 256 g/mol. The van der Waals surface area contributed by atoms with Crippen LogP contribution in [0.3, 0.4) is 0 Å². The quantitative estimate of drug-likeness (QED) is 0.710. The molecule has 3 aromatic rings. The van der Waals surface area contributed by atoms with Crippen LogP contribution < -0.4 is 5.32 Å². The summed E-state index contributed by atoms with van der Waals surface area (Å²) in [5, 5.41) is 3.27. The molecule has 1 aliphatic rings. The Bertz CT molecular complexity index is 783. The molecule has 2 heteroatoms. The monoisotopic (exact) mass is 272 g/mol. The van der Waals surface area contributed by atoms with Gasteiger partial charge in [0.05, 0.1) is 12.2 Å². The number of fused-ring (bicyclic) bond motifs is 1. The van der Waals surface area contributed by atoms with E-state index < -0.39 is 0 Å². The first-order valence-electron chi connectivity index (χ1n) is 7.19. The molecule has 1 aromatic heterocycles. The Hall–Kier alpha value is -2.74. The number of rotatable bonds is 2. The van der Waals surface area contributed by atoms with E-state index in [4.69, 9.17) is 0 Å². The highest BCUT2D eigenvalue weighted by molar-refractivity contribution is 5.89. The number of benzene rings is 2. The topological polar surface area (TPSA) is 27.8 Å². The van der Waals surface area contributed by atoms with E-state index in [-0.39, 0.29) is 0 Å². The summed E-state index contributed by atoms with van der Waals surface area (Å²) in [6.45, 7) is 0.846. The molecule has 0 bridgehead atoms. The van der Waals surface area contributed by atoms with Gasteiger partial charge in [-0.1, -0.05) is 60.7 Å². The molecule has 0 aliphatic carbocycles. The molecule has 2 aromatic carbocycles. The first-order valence-corrected chi connectivity index (χ1v) is 7.19. The standard InChI is InChI=1S/C19H16N2/c1-3-7-14(8-4-1)18-16-11-12-20-13-17(16)21-19(18)15-9-5-2-6-10-15/h1-12,20-21H,13H2. The second kappa shape index (κ2) is 4.98. The van der Waals surface area contributed by atoms with E-state index in [1.165, 1.54) is 33.6 Å². The van der Waals surface area contributed by atoms with Crippen LogP contribution in [0.4, 0.5) is 0 Å². The van der Waals surface area contributed by atoms with Crippen molar-refractivity contribution in [2.45, 2.75) is 6.54 Å². The van der Waals surface area contributed by atoms with Crippen molar-refractivity contribution < 1.29 is 0 Å². The van der Waals surface area contributed by atoms with Crippen LogP contribution in [0.25, 0.3) is 28.5 Å². The van der Waals surface area contributed by atoms with E-state index in [2.05, 4.69) is 77.0 Å². The van der Waals surface area contributed by atoms with Crippen molar-refractivity contribution in [3.8, 4) is 22.4 Å². The highest BCUT2D eigenvalue weighted by atomic mass is 14.9. The molecule has 2 nitrogen and oxygen atoms in total. The third kappa shape index (κ3) is 2.05. The molecule has 2 N–H and O–H groups in total. The second-order valence-corrected chi connectivity index (χ2v) is 5.21. The van der Waals surface area contributed by atoms with Gasteiger partial charge in [-0.2, -0.15) is 0 Å². The molecule has 0 unspecified atom stereocenters. The predicted molar refractivity (Wildman–Crippen MR) is 87.5 cm³/mol. The van der Waals surface area contributed by atoms with E-state index >= 15 is 0 Å². The highest BCUT2D eigenvalue weighted by Gasteiger charge is 2.19. The number of aromatic amines is 1. The smallest absolute Gasteiger partial charge is 0.0552 e. The molecule has 0 amide bonds. The normalized spacial score (nSPS) is 12.8. The average molecular weight is 272 g/mol. The van der Waals surface area contributed by atoms with Crippen molar-refractivity contribution in [1.29, 1.82) is 0 Å². The van der Waals surface area contributed by atoms with Crippen LogP contribution in [0.5, 0.6) is 0 Å². The Morgan fingerprint density at radius 2 is 1.43 bits per heavy atom. The fourth-order valence-electron chi connectivity index (χ4n) is 2.92. The van der Waals surface area contributed by atoms with Gasteiger partial charge in [0.1, 0.15) is 0 Å². The maximum Gasteiger partial charge on any atom is 0.0552 e. The van der Waals surface area contributed by atoms with Crippen molar-refractivity contribution in [2.75, 3.05) is 0 Å². The zero-order chi connectivity index (χ0) is 14.1. The highest BCUT2D eigenvalue weighted by Crippen LogP contribution is 2.38. The van der Waals surface area contributed by atoms with Crippen LogP contribution in [0, 0.1) is 0 Å². The summed E-state index contributed by atoms with van der Waals surface area (Å²) >= 11 is 0. The Kier molecular flexibility index (Phi) is 2.86. The maximum absolute atomic E-state index is 3.60. The molecule has 0 spiro atoms. The van der Waals surface area contributed by atoms with Gasteiger partial charge in [0, 0.05) is 16.8 Å². The van der Waals surface area contributed by atoms with Crippen molar-refractivity contribution in [3.05, 3.63) is 78.1 Å². The molecule has 4 rings (SSSR count). The molecule has 21 heavy (non-hydrogen) atoms. The SMILES string of the molecule is C1=Cc2c([nH]c(-c3ccccc3)c2-c2ccccc2)CN1. The molecule has 0 fully saturated rings. The van der Waals surface area contributed by atoms with Gasteiger partial charge in [-0.25, -0.2) is 0 Å². The summed E-state index contributed by atoms with van der Waals surface area (Å²) in [6, 6.07) is 21.1. The van der Waals surface area contributed by atoms with Gasteiger partial charge >= 0.3 is 0 Å². The van der Waals surface area contributed by atoms with Gasteiger partial charge in [0.2, 0.25) is 0 Å². The fraction of sp³-hybridized carbons (Fsp3) is 0.0526. The lowest BCUT2D eigenvalue weighted by atomic mass is 9.96. The Labute approximate surface area is 124 Å². The van der Waals surface area contributed by atoms with Crippen molar-refractivity contribution >= 4 is 6.08 Å². The summed E-state index contributed by atoms with van der Waals surface area (Å²) in [6.07, 6.45) is 4.18. The van der Waals surface area contributed by atoms with E-state index in [1.807, 2.05) is 6.20 Å². The number of hydrogen-bond donors (Lipinski definition) is 2. The van der Waals surface area contributed by atoms with Crippen LogP contribution in [0.2, 0.25) is 0 Å². The minimum absolute atomic E-state index is 0.846. The van der Waals surface area contributed by atoms with Gasteiger partial charge in [-0.05, 0) is 23.4 Å². The molecule has 102 valence electrons. The summed E-state index contributed by atoms with van der Waals surface area (Å²) in [5.41, 5.74) is 7.49.